The average Bonchev–Trinajstić information content (AvgIpc) is 2.93. The van der Waals surface area contributed by atoms with Crippen molar-refractivity contribution in [1.29, 1.82) is 0 Å². The molecule has 2 N–H and O–H groups in total. The molecule has 96 valence electrons. The monoisotopic (exact) mass is 245 g/mol. The number of aromatic nitrogens is 2. The van der Waals surface area contributed by atoms with E-state index in [0.717, 1.165) is 42.0 Å². The molecule has 2 aromatic rings. The molecule has 0 atom stereocenters. The summed E-state index contributed by atoms with van der Waals surface area (Å²) in [5.41, 5.74) is 10.0. The molecule has 0 unspecified atom stereocenters. The van der Waals surface area contributed by atoms with Crippen LogP contribution in [0.1, 0.15) is 30.8 Å². The second-order valence-corrected chi connectivity index (χ2v) is 4.18. The lowest BCUT2D eigenvalue weighted by Gasteiger charge is -2.12. The van der Waals surface area contributed by atoms with E-state index in [9.17, 15) is 0 Å². The van der Waals surface area contributed by atoms with Crippen molar-refractivity contribution in [3.05, 3.63) is 35.5 Å². The normalized spacial score (nSPS) is 10.8. The minimum absolute atomic E-state index is 0.633. The van der Waals surface area contributed by atoms with Crippen molar-refractivity contribution in [2.45, 2.75) is 33.1 Å². The molecule has 18 heavy (non-hydrogen) atoms. The van der Waals surface area contributed by atoms with Gasteiger partial charge >= 0.3 is 0 Å². The van der Waals surface area contributed by atoms with Crippen LogP contribution < -0.4 is 5.73 Å². The van der Waals surface area contributed by atoms with Crippen LogP contribution in [0.5, 0.6) is 0 Å². The molecule has 0 bridgehead atoms. The Bertz CT molecular complexity index is 481. The first-order valence-corrected chi connectivity index (χ1v) is 6.41. The minimum atomic E-state index is 0.633. The lowest BCUT2D eigenvalue weighted by Crippen LogP contribution is -2.12. The Morgan fingerprint density at radius 3 is 2.28 bits per heavy atom. The number of hydrogen-bond acceptors (Lipinski definition) is 4. The van der Waals surface area contributed by atoms with Gasteiger partial charge in [-0.25, -0.2) is 9.97 Å². The molecule has 0 saturated carbocycles. The van der Waals surface area contributed by atoms with Gasteiger partial charge in [0.1, 0.15) is 6.26 Å². The first-order valence-electron chi connectivity index (χ1n) is 6.41. The van der Waals surface area contributed by atoms with Crippen molar-refractivity contribution in [3.63, 3.8) is 0 Å². The van der Waals surface area contributed by atoms with E-state index in [4.69, 9.17) is 10.2 Å². The zero-order valence-electron chi connectivity index (χ0n) is 10.9. The summed E-state index contributed by atoms with van der Waals surface area (Å²) in [4.78, 5) is 9.27. The van der Waals surface area contributed by atoms with Gasteiger partial charge in [-0.2, -0.15) is 0 Å². The Morgan fingerprint density at radius 1 is 1.17 bits per heavy atom. The van der Waals surface area contributed by atoms with Crippen LogP contribution in [0, 0.1) is 0 Å². The fraction of sp³-hybridized carbons (Fsp3) is 0.429. The number of nitrogens with two attached hydrogens (primary N) is 1. The average molecular weight is 245 g/mol. The van der Waals surface area contributed by atoms with Gasteiger partial charge in [-0.15, -0.1) is 0 Å². The van der Waals surface area contributed by atoms with Crippen LogP contribution in [0.4, 0.5) is 0 Å². The van der Waals surface area contributed by atoms with Gasteiger partial charge in [0.15, 0.2) is 5.82 Å². The molecular formula is C14H19N3O. The minimum Gasteiger partial charge on any atom is -0.472 e. The highest BCUT2D eigenvalue weighted by Crippen LogP contribution is 2.21. The van der Waals surface area contributed by atoms with Crippen LogP contribution in [-0.4, -0.2) is 16.5 Å². The molecule has 4 heteroatoms. The third-order valence-electron chi connectivity index (χ3n) is 3.02. The quantitative estimate of drug-likeness (QED) is 0.878. The molecule has 0 aliphatic carbocycles. The maximum absolute atomic E-state index is 5.67. The van der Waals surface area contributed by atoms with Gasteiger partial charge in [0.25, 0.3) is 0 Å². The molecule has 0 spiro atoms. The van der Waals surface area contributed by atoms with Gasteiger partial charge in [-0.05, 0) is 37.4 Å². The molecule has 0 aliphatic heterocycles. The standard InChI is InChI=1S/C14H19N3O/c1-3-12-11(5-7-15)13(4-2)17-14(16-12)10-6-8-18-9-10/h6,8-9H,3-5,7,15H2,1-2H3. The van der Waals surface area contributed by atoms with Crippen molar-refractivity contribution in [2.75, 3.05) is 6.54 Å². The summed E-state index contributed by atoms with van der Waals surface area (Å²) in [6.07, 6.45) is 5.96. The molecule has 2 aromatic heterocycles. The van der Waals surface area contributed by atoms with Crippen molar-refractivity contribution < 1.29 is 4.42 Å². The highest BCUT2D eigenvalue weighted by molar-refractivity contribution is 5.53. The summed E-state index contributed by atoms with van der Waals surface area (Å²) in [7, 11) is 0. The van der Waals surface area contributed by atoms with Crippen molar-refractivity contribution >= 4 is 0 Å². The predicted molar refractivity (Wildman–Crippen MR) is 71.2 cm³/mol. The summed E-state index contributed by atoms with van der Waals surface area (Å²) < 4.78 is 5.09. The summed E-state index contributed by atoms with van der Waals surface area (Å²) in [6, 6.07) is 1.89. The summed E-state index contributed by atoms with van der Waals surface area (Å²) >= 11 is 0. The Morgan fingerprint density at radius 2 is 1.83 bits per heavy atom. The highest BCUT2D eigenvalue weighted by Gasteiger charge is 2.13. The third kappa shape index (κ3) is 2.43. The van der Waals surface area contributed by atoms with Crippen LogP contribution in [0.25, 0.3) is 11.4 Å². The number of aryl methyl sites for hydroxylation is 2. The lowest BCUT2D eigenvalue weighted by molar-refractivity contribution is 0.568. The summed E-state index contributed by atoms with van der Waals surface area (Å²) in [6.45, 7) is 4.86. The van der Waals surface area contributed by atoms with E-state index in [0.29, 0.717) is 6.54 Å². The van der Waals surface area contributed by atoms with Gasteiger partial charge in [0.2, 0.25) is 0 Å². The van der Waals surface area contributed by atoms with Crippen LogP contribution in [0.3, 0.4) is 0 Å². The number of rotatable bonds is 5. The molecule has 4 nitrogen and oxygen atoms in total. The topological polar surface area (TPSA) is 64.9 Å². The van der Waals surface area contributed by atoms with Crippen molar-refractivity contribution in [3.8, 4) is 11.4 Å². The van der Waals surface area contributed by atoms with Crippen LogP contribution >= 0.6 is 0 Å². The Hall–Kier alpha value is -1.68. The van der Waals surface area contributed by atoms with Crippen LogP contribution in [0.2, 0.25) is 0 Å². The predicted octanol–water partition coefficient (Wildman–Crippen LogP) is 2.36. The Kier molecular flexibility index (Phi) is 4.10. The highest BCUT2D eigenvalue weighted by atomic mass is 16.3. The maximum atomic E-state index is 5.67. The van der Waals surface area contributed by atoms with Crippen molar-refractivity contribution in [2.24, 2.45) is 5.73 Å². The lowest BCUT2D eigenvalue weighted by atomic mass is 10.0. The molecular weight excluding hydrogens is 226 g/mol. The van der Waals surface area contributed by atoms with Gasteiger partial charge in [-0.1, -0.05) is 13.8 Å². The molecule has 2 heterocycles. The fourth-order valence-electron chi connectivity index (χ4n) is 2.12. The molecule has 0 fully saturated rings. The van der Waals surface area contributed by atoms with E-state index in [-0.39, 0.29) is 0 Å². The van der Waals surface area contributed by atoms with Gasteiger partial charge in [0.05, 0.1) is 11.8 Å². The second-order valence-electron chi connectivity index (χ2n) is 4.18. The second kappa shape index (κ2) is 5.78. The van der Waals surface area contributed by atoms with Gasteiger partial charge in [0, 0.05) is 11.4 Å². The van der Waals surface area contributed by atoms with Gasteiger partial charge in [-0.3, -0.25) is 0 Å². The van der Waals surface area contributed by atoms with E-state index >= 15 is 0 Å². The van der Waals surface area contributed by atoms with Crippen molar-refractivity contribution in [1.82, 2.24) is 9.97 Å². The first-order chi connectivity index (χ1) is 8.80. The van der Waals surface area contributed by atoms with E-state index in [1.165, 1.54) is 5.56 Å². The SMILES string of the molecule is CCc1nc(-c2ccoc2)nc(CC)c1CCN. The van der Waals surface area contributed by atoms with E-state index < -0.39 is 0 Å². The van der Waals surface area contributed by atoms with E-state index in [1.807, 2.05) is 6.07 Å². The molecule has 0 radical (unpaired) electrons. The number of furan rings is 1. The largest absolute Gasteiger partial charge is 0.472 e. The molecule has 0 aliphatic rings. The van der Waals surface area contributed by atoms with E-state index in [1.54, 1.807) is 12.5 Å². The zero-order valence-corrected chi connectivity index (χ0v) is 10.9. The molecule has 2 rings (SSSR count). The Labute approximate surface area is 107 Å². The molecule has 0 aromatic carbocycles. The van der Waals surface area contributed by atoms with Crippen LogP contribution in [0.15, 0.2) is 23.0 Å². The first kappa shape index (κ1) is 12.8. The van der Waals surface area contributed by atoms with E-state index in [2.05, 4.69) is 23.8 Å². The molecule has 0 saturated heterocycles. The summed E-state index contributed by atoms with van der Waals surface area (Å²) in [5.74, 6) is 0.748. The zero-order chi connectivity index (χ0) is 13.0. The smallest absolute Gasteiger partial charge is 0.162 e. The Balaban J connectivity index is 2.52. The summed E-state index contributed by atoms with van der Waals surface area (Å²) in [5, 5.41) is 0. The maximum Gasteiger partial charge on any atom is 0.162 e. The third-order valence-corrected chi connectivity index (χ3v) is 3.02. The van der Waals surface area contributed by atoms with Crippen LogP contribution in [-0.2, 0) is 19.3 Å². The fourth-order valence-corrected chi connectivity index (χ4v) is 2.12. The molecule has 0 amide bonds. The number of nitrogens with zero attached hydrogens (tertiary/aromatic N) is 2. The van der Waals surface area contributed by atoms with Gasteiger partial charge < -0.3 is 10.2 Å². The number of hydrogen-bond donors (Lipinski definition) is 1.